The molecule has 2 aromatic carbocycles. The Morgan fingerprint density at radius 2 is 2.03 bits per heavy atom. The number of nitriles is 1. The van der Waals surface area contributed by atoms with Crippen molar-refractivity contribution in [2.75, 3.05) is 7.11 Å². The van der Waals surface area contributed by atoms with Crippen LogP contribution in [0.5, 0.6) is 11.5 Å². The third-order valence-corrected chi connectivity index (χ3v) is 4.26. The Morgan fingerprint density at radius 3 is 2.60 bits per heavy atom. The van der Waals surface area contributed by atoms with Crippen LogP contribution in [-0.2, 0) is 6.61 Å². The van der Waals surface area contributed by atoms with Crippen LogP contribution in [0.15, 0.2) is 47.1 Å². The summed E-state index contributed by atoms with van der Waals surface area (Å²) in [5.74, 6) is 0.792. The van der Waals surface area contributed by atoms with Gasteiger partial charge in [0.2, 0.25) is 11.4 Å². The Bertz CT molecular complexity index is 1130. The number of hydrogen-bond acceptors (Lipinski definition) is 8. The van der Waals surface area contributed by atoms with Gasteiger partial charge in [-0.15, -0.1) is 0 Å². The Morgan fingerprint density at radius 1 is 1.30 bits per heavy atom. The van der Waals surface area contributed by atoms with Crippen molar-refractivity contribution in [2.45, 2.75) is 13.5 Å². The van der Waals surface area contributed by atoms with E-state index in [-0.39, 0.29) is 22.9 Å². The van der Waals surface area contributed by atoms with Gasteiger partial charge in [0, 0.05) is 24.2 Å². The number of non-ortho nitro benzene ring substituents is 1. The highest BCUT2D eigenvalue weighted by Crippen LogP contribution is 2.30. The second-order valence-electron chi connectivity index (χ2n) is 6.13. The van der Waals surface area contributed by atoms with Gasteiger partial charge in [-0.1, -0.05) is 6.07 Å². The molecule has 10 nitrogen and oxygen atoms in total. The number of aromatic nitrogens is 2. The summed E-state index contributed by atoms with van der Waals surface area (Å²) in [5, 5.41) is 35.3. The molecular weight excluding hydrogens is 392 g/mol. The Hall–Kier alpha value is -4.39. The number of benzene rings is 2. The number of nitro groups is 1. The molecule has 0 saturated heterocycles. The van der Waals surface area contributed by atoms with Crippen molar-refractivity contribution in [2.24, 2.45) is 0 Å². The molecule has 0 aliphatic heterocycles. The summed E-state index contributed by atoms with van der Waals surface area (Å²) in [6.07, 6.45) is 1.63. The van der Waals surface area contributed by atoms with E-state index in [1.165, 1.54) is 31.4 Å². The molecule has 0 fully saturated rings. The van der Waals surface area contributed by atoms with Gasteiger partial charge in [-0.3, -0.25) is 14.7 Å². The minimum Gasteiger partial charge on any atom is -0.493 e. The van der Waals surface area contributed by atoms with Gasteiger partial charge in [-0.25, -0.2) is 0 Å². The highest BCUT2D eigenvalue weighted by Gasteiger charge is 2.16. The number of aryl methyl sites for hydroxylation is 1. The summed E-state index contributed by atoms with van der Waals surface area (Å²) < 4.78 is 15.5. The van der Waals surface area contributed by atoms with Crippen molar-refractivity contribution in [3.63, 3.8) is 0 Å². The van der Waals surface area contributed by atoms with Crippen molar-refractivity contribution in [3.05, 3.63) is 80.3 Å². The standard InChI is InChI=1S/C20H16N4O6/c1-13-18(24(27)30-22-13)12-29-19-8-3-14(10-20(19)28-2)9-16(11-21)15-4-6-17(7-5-15)23(25)26/h3-10H,12H2,1-2H3/b16-9+. The second-order valence-corrected chi connectivity index (χ2v) is 6.13. The third-order valence-electron chi connectivity index (χ3n) is 4.26. The fraction of sp³-hybridized carbons (Fsp3) is 0.150. The van der Waals surface area contributed by atoms with Gasteiger partial charge in [-0.2, -0.15) is 5.26 Å². The van der Waals surface area contributed by atoms with Gasteiger partial charge in [0.05, 0.1) is 23.7 Å². The summed E-state index contributed by atoms with van der Waals surface area (Å²) in [4.78, 5) is 10.6. The molecule has 0 saturated carbocycles. The van der Waals surface area contributed by atoms with E-state index in [1.807, 2.05) is 0 Å². The van der Waals surface area contributed by atoms with Gasteiger partial charge < -0.3 is 14.7 Å². The number of nitro benzene ring substituents is 1. The lowest BCUT2D eigenvalue weighted by molar-refractivity contribution is -0.808. The fourth-order valence-corrected chi connectivity index (χ4v) is 2.64. The van der Waals surface area contributed by atoms with Crippen LogP contribution in [0.3, 0.4) is 0 Å². The molecule has 0 atom stereocenters. The maximum absolute atomic E-state index is 11.5. The maximum Gasteiger partial charge on any atom is 0.269 e. The number of rotatable bonds is 7. The molecule has 1 aromatic heterocycles. The molecule has 0 aliphatic carbocycles. The van der Waals surface area contributed by atoms with Crippen LogP contribution < -0.4 is 14.4 Å². The van der Waals surface area contributed by atoms with Crippen LogP contribution in [0, 0.1) is 33.6 Å². The number of nitrogens with zero attached hydrogens (tertiary/aromatic N) is 4. The third kappa shape index (κ3) is 4.36. The number of ether oxygens (including phenoxy) is 2. The van der Waals surface area contributed by atoms with Gasteiger partial charge in [0.15, 0.2) is 18.1 Å². The van der Waals surface area contributed by atoms with Crippen LogP contribution in [0.2, 0.25) is 0 Å². The van der Waals surface area contributed by atoms with E-state index < -0.39 is 4.92 Å². The summed E-state index contributed by atoms with van der Waals surface area (Å²) in [5.41, 5.74) is 2.14. The molecule has 0 bridgehead atoms. The summed E-state index contributed by atoms with van der Waals surface area (Å²) >= 11 is 0. The first-order chi connectivity index (χ1) is 14.4. The van der Waals surface area contributed by atoms with Crippen LogP contribution in [0.1, 0.15) is 22.5 Å². The topological polar surface area (TPSA) is 138 Å². The van der Waals surface area contributed by atoms with Crippen LogP contribution in [0.4, 0.5) is 5.69 Å². The molecular formula is C20H16N4O6. The lowest BCUT2D eigenvalue weighted by Crippen LogP contribution is -2.29. The molecule has 0 unspecified atom stereocenters. The van der Waals surface area contributed by atoms with E-state index >= 15 is 0 Å². The summed E-state index contributed by atoms with van der Waals surface area (Å²) in [6, 6.07) is 12.8. The monoisotopic (exact) mass is 408 g/mol. The molecule has 1 heterocycles. The Balaban J connectivity index is 1.83. The predicted molar refractivity (Wildman–Crippen MR) is 104 cm³/mol. The quantitative estimate of drug-likeness (QED) is 0.191. The number of allylic oxidation sites excluding steroid dienone is 1. The largest absolute Gasteiger partial charge is 0.493 e. The fourth-order valence-electron chi connectivity index (χ4n) is 2.64. The van der Waals surface area contributed by atoms with E-state index in [1.54, 1.807) is 31.2 Å². The average Bonchev–Trinajstić information content (AvgIpc) is 3.08. The average molecular weight is 408 g/mol. The molecule has 3 rings (SSSR count). The van der Waals surface area contributed by atoms with Gasteiger partial charge >= 0.3 is 0 Å². The molecule has 10 heteroatoms. The van der Waals surface area contributed by atoms with Crippen LogP contribution in [0.25, 0.3) is 11.6 Å². The predicted octanol–water partition coefficient (Wildman–Crippen LogP) is 3.18. The first-order valence-electron chi connectivity index (χ1n) is 8.65. The summed E-state index contributed by atoms with van der Waals surface area (Å²) in [7, 11) is 1.47. The highest BCUT2D eigenvalue weighted by atomic mass is 16.8. The van der Waals surface area contributed by atoms with Gasteiger partial charge in [-0.05, 0) is 46.4 Å². The molecule has 30 heavy (non-hydrogen) atoms. The molecule has 0 N–H and O–H groups in total. The minimum atomic E-state index is -0.501. The molecule has 3 aromatic rings. The van der Waals surface area contributed by atoms with Crippen molar-refractivity contribution < 1.29 is 23.9 Å². The maximum atomic E-state index is 11.5. The van der Waals surface area contributed by atoms with Crippen molar-refractivity contribution >= 4 is 17.3 Å². The smallest absolute Gasteiger partial charge is 0.269 e. The molecule has 0 aliphatic rings. The van der Waals surface area contributed by atoms with Crippen molar-refractivity contribution in [1.29, 1.82) is 5.26 Å². The summed E-state index contributed by atoms with van der Waals surface area (Å²) in [6.45, 7) is 1.57. The lowest BCUT2D eigenvalue weighted by Gasteiger charge is -2.10. The zero-order chi connectivity index (χ0) is 21.7. The minimum absolute atomic E-state index is 0.0540. The van der Waals surface area contributed by atoms with Crippen molar-refractivity contribution in [1.82, 2.24) is 5.16 Å². The zero-order valence-electron chi connectivity index (χ0n) is 16.1. The van der Waals surface area contributed by atoms with Crippen molar-refractivity contribution in [3.8, 4) is 17.6 Å². The van der Waals surface area contributed by atoms with E-state index in [9.17, 15) is 20.6 Å². The zero-order valence-corrected chi connectivity index (χ0v) is 16.1. The van der Waals surface area contributed by atoms with E-state index in [0.717, 1.165) is 0 Å². The number of methoxy groups -OCH3 is 1. The van der Waals surface area contributed by atoms with Crippen LogP contribution in [-0.4, -0.2) is 17.2 Å². The molecule has 152 valence electrons. The van der Waals surface area contributed by atoms with E-state index in [2.05, 4.69) is 15.9 Å². The lowest BCUT2D eigenvalue weighted by atomic mass is 10.0. The SMILES string of the molecule is COc1cc(/C=C(\C#N)c2ccc([N+](=O)[O-])cc2)ccc1OCc1c(C)no[n+]1[O-]. The second kappa shape index (κ2) is 8.74. The van der Waals surface area contributed by atoms with Crippen LogP contribution >= 0.6 is 0 Å². The van der Waals surface area contributed by atoms with Gasteiger partial charge in [0.25, 0.3) is 5.69 Å². The van der Waals surface area contributed by atoms with E-state index in [0.29, 0.717) is 33.9 Å². The molecule has 0 radical (unpaired) electrons. The Kier molecular flexibility index (Phi) is 5.93. The molecule has 0 amide bonds. The first-order valence-corrected chi connectivity index (χ1v) is 8.65. The number of hydrogen-bond donors (Lipinski definition) is 0. The molecule has 0 spiro atoms. The van der Waals surface area contributed by atoms with E-state index in [4.69, 9.17) is 9.47 Å². The van der Waals surface area contributed by atoms with Gasteiger partial charge in [0.1, 0.15) is 0 Å². The Labute approximate surface area is 170 Å². The normalized spacial score (nSPS) is 11.0. The first kappa shape index (κ1) is 20.3. The highest BCUT2D eigenvalue weighted by molar-refractivity contribution is 5.90.